The van der Waals surface area contributed by atoms with E-state index in [1.165, 1.54) is 11.0 Å². The molecule has 0 bridgehead atoms. The zero-order valence-corrected chi connectivity index (χ0v) is 16.3. The van der Waals surface area contributed by atoms with Crippen molar-refractivity contribution in [1.82, 2.24) is 15.3 Å². The van der Waals surface area contributed by atoms with Crippen molar-refractivity contribution < 1.29 is 19.1 Å². The van der Waals surface area contributed by atoms with Gasteiger partial charge in [-0.15, -0.1) is 0 Å². The van der Waals surface area contributed by atoms with Gasteiger partial charge in [0.1, 0.15) is 12.6 Å². The fourth-order valence-corrected chi connectivity index (χ4v) is 3.65. The summed E-state index contributed by atoms with van der Waals surface area (Å²) in [5, 5.41) is 1.78. The van der Waals surface area contributed by atoms with Gasteiger partial charge in [0.2, 0.25) is 11.4 Å². The molecule has 2 aliphatic rings. The maximum Gasteiger partial charge on any atom is 0.344 e. The maximum absolute atomic E-state index is 12.7. The molecule has 1 saturated heterocycles. The first-order valence-corrected chi connectivity index (χ1v) is 9.07. The number of ketones is 1. The molecule has 2 unspecified atom stereocenters. The Labute approximate surface area is 158 Å². The maximum atomic E-state index is 12.7. The smallest absolute Gasteiger partial charge is 0.344 e. The Bertz CT molecular complexity index is 634. The van der Waals surface area contributed by atoms with Crippen LogP contribution in [0.4, 0.5) is 0 Å². The van der Waals surface area contributed by atoms with Crippen molar-refractivity contribution in [2.75, 3.05) is 13.7 Å². The number of β-lactam (4-membered cyclic amide) rings is 1. The predicted molar refractivity (Wildman–Crippen MR) is 97.8 cm³/mol. The first-order chi connectivity index (χ1) is 12.2. The highest BCUT2D eigenvalue weighted by Crippen LogP contribution is 2.38. The number of hydrogen-bond donors (Lipinski definition) is 1. The van der Waals surface area contributed by atoms with Crippen LogP contribution in [0.3, 0.4) is 0 Å². The fraction of sp³-hybridized carbons (Fsp3) is 0.611. The first kappa shape index (κ1) is 20.5. The molecule has 4 atom stereocenters. The van der Waals surface area contributed by atoms with Crippen molar-refractivity contribution in [3.8, 4) is 0 Å². The number of hydrogen-bond acceptors (Lipinski definition) is 6. The number of nitrogens with one attached hydrogen (secondary N) is 1. The molecule has 26 heavy (non-hydrogen) atoms. The van der Waals surface area contributed by atoms with Gasteiger partial charge in [-0.25, -0.2) is 10.2 Å². The van der Waals surface area contributed by atoms with E-state index in [2.05, 4.69) is 12.0 Å². The number of hydrazine groups is 1. The van der Waals surface area contributed by atoms with Gasteiger partial charge in [0.15, 0.2) is 5.78 Å². The lowest BCUT2D eigenvalue weighted by molar-refractivity contribution is -0.171. The third kappa shape index (κ3) is 3.94. The fourth-order valence-electron chi connectivity index (χ4n) is 3.35. The van der Waals surface area contributed by atoms with Gasteiger partial charge in [-0.3, -0.25) is 9.59 Å². The van der Waals surface area contributed by atoms with E-state index in [4.69, 9.17) is 16.3 Å². The number of allylic oxidation sites excluding steroid dienone is 1. The van der Waals surface area contributed by atoms with Gasteiger partial charge in [0, 0.05) is 19.2 Å². The summed E-state index contributed by atoms with van der Waals surface area (Å²) < 4.78 is 4.94. The van der Waals surface area contributed by atoms with Crippen LogP contribution in [0.1, 0.15) is 27.2 Å². The highest BCUT2D eigenvalue weighted by molar-refractivity contribution is 6.31. The molecule has 2 heterocycles. The second-order valence-corrected chi connectivity index (χ2v) is 7.39. The predicted octanol–water partition coefficient (Wildman–Crippen LogP) is 1.45. The van der Waals surface area contributed by atoms with E-state index in [0.717, 1.165) is 5.70 Å². The Morgan fingerprint density at radius 1 is 1.46 bits per heavy atom. The average Bonchev–Trinajstić information content (AvgIpc) is 2.90. The zero-order chi connectivity index (χ0) is 19.6. The summed E-state index contributed by atoms with van der Waals surface area (Å²) in [6.45, 7) is 9.23. The molecular weight excluding hydrogens is 358 g/mol. The molecule has 2 rings (SSSR count). The van der Waals surface area contributed by atoms with Crippen LogP contribution in [0.5, 0.6) is 0 Å². The number of halogens is 1. The lowest BCUT2D eigenvalue weighted by atomic mass is 9.76. The summed E-state index contributed by atoms with van der Waals surface area (Å²) in [6, 6.07) is -0.859. The lowest BCUT2D eigenvalue weighted by Crippen LogP contribution is -2.67. The largest absolute Gasteiger partial charge is 0.459 e. The summed E-state index contributed by atoms with van der Waals surface area (Å²) >= 11 is 6.17. The van der Waals surface area contributed by atoms with Crippen LogP contribution in [0.15, 0.2) is 24.4 Å². The Hall–Kier alpha value is -1.86. The molecule has 1 amide bonds. The number of Topliss-reactive ketones (excluding diaryl/α,β-unsaturated/α-hetero) is 1. The minimum atomic E-state index is -1.24. The van der Waals surface area contributed by atoms with Crippen molar-refractivity contribution >= 4 is 29.3 Å². The minimum absolute atomic E-state index is 0.0176. The zero-order valence-electron chi connectivity index (χ0n) is 15.6. The van der Waals surface area contributed by atoms with Crippen LogP contribution in [-0.2, 0) is 19.1 Å². The Morgan fingerprint density at radius 3 is 2.62 bits per heavy atom. The summed E-state index contributed by atoms with van der Waals surface area (Å²) in [7, 11) is 1.83. The number of carbonyl (C=O) groups excluding carboxylic acids is 3. The number of likely N-dealkylation sites (tertiary alicyclic amines) is 1. The average molecular weight is 384 g/mol. The van der Waals surface area contributed by atoms with E-state index < -0.39 is 23.6 Å². The van der Waals surface area contributed by atoms with Crippen LogP contribution in [-0.4, -0.2) is 58.8 Å². The van der Waals surface area contributed by atoms with E-state index in [0.29, 0.717) is 0 Å². The number of nitrogens with zero attached hydrogens (tertiary/aromatic N) is 2. The van der Waals surface area contributed by atoms with Crippen LogP contribution >= 0.6 is 11.6 Å². The Balaban J connectivity index is 2.10. The van der Waals surface area contributed by atoms with Crippen LogP contribution in [0, 0.1) is 11.8 Å². The van der Waals surface area contributed by atoms with Crippen molar-refractivity contribution in [2.45, 2.75) is 44.8 Å². The van der Waals surface area contributed by atoms with Gasteiger partial charge < -0.3 is 14.6 Å². The third-order valence-corrected chi connectivity index (χ3v) is 5.23. The number of carbonyl (C=O) groups is 3. The number of esters is 1. The van der Waals surface area contributed by atoms with Crippen molar-refractivity contribution in [3.63, 3.8) is 0 Å². The molecule has 0 saturated carbocycles. The second-order valence-electron chi connectivity index (χ2n) is 6.98. The topological polar surface area (TPSA) is 79.0 Å². The van der Waals surface area contributed by atoms with Crippen molar-refractivity contribution in [3.05, 3.63) is 24.4 Å². The molecule has 1 fully saturated rings. The second kappa shape index (κ2) is 8.22. The summed E-state index contributed by atoms with van der Waals surface area (Å²) in [5.41, 5.74) is 2.77. The quantitative estimate of drug-likeness (QED) is 0.225. The number of ether oxygens (including phenoxy) is 1. The highest BCUT2D eigenvalue weighted by Gasteiger charge is 2.53. The molecule has 144 valence electrons. The summed E-state index contributed by atoms with van der Waals surface area (Å²) in [5.74, 6) is -1.28. The molecule has 0 aromatic rings. The third-order valence-electron chi connectivity index (χ3n) is 4.84. The van der Waals surface area contributed by atoms with E-state index in [-0.39, 0.29) is 36.6 Å². The molecule has 0 aliphatic carbocycles. The highest BCUT2D eigenvalue weighted by atomic mass is 35.5. The standard InChI is InChI=1S/C18H26ClN3O4/c1-6-7-26-18(25)16(19)22-13(15(10(2)3)17(22)24)9-14(23)12-8-11(4)21(5)20-12/h6,8,10,12-13,15-16,20H,1,7,9H2,2-5H3/t12?,13-,15-,16?/m1/s1. The van der Waals surface area contributed by atoms with Crippen molar-refractivity contribution in [1.29, 1.82) is 0 Å². The molecular formula is C18H26ClN3O4. The monoisotopic (exact) mass is 383 g/mol. The molecule has 2 aliphatic heterocycles. The lowest BCUT2D eigenvalue weighted by Gasteiger charge is -2.50. The summed E-state index contributed by atoms with van der Waals surface area (Å²) in [6.07, 6.45) is 3.39. The van der Waals surface area contributed by atoms with Crippen molar-refractivity contribution in [2.24, 2.45) is 11.8 Å². The molecule has 0 aromatic carbocycles. The van der Waals surface area contributed by atoms with Crippen LogP contribution < -0.4 is 5.43 Å². The normalized spacial score (nSPS) is 26.5. The minimum Gasteiger partial charge on any atom is -0.459 e. The van der Waals surface area contributed by atoms with Gasteiger partial charge in [0.25, 0.3) is 0 Å². The molecule has 8 heteroatoms. The Kier molecular flexibility index (Phi) is 6.47. The molecule has 0 aromatic heterocycles. The van der Waals surface area contributed by atoms with Gasteiger partial charge in [-0.05, 0) is 18.9 Å². The summed E-state index contributed by atoms with van der Waals surface area (Å²) in [4.78, 5) is 38.5. The number of alkyl halides is 1. The Morgan fingerprint density at radius 2 is 2.12 bits per heavy atom. The molecule has 0 spiro atoms. The van der Waals surface area contributed by atoms with Gasteiger partial charge in [-0.1, -0.05) is 38.1 Å². The molecule has 7 nitrogen and oxygen atoms in total. The van der Waals surface area contributed by atoms with E-state index in [9.17, 15) is 14.4 Å². The number of amides is 1. The first-order valence-electron chi connectivity index (χ1n) is 8.63. The number of rotatable bonds is 8. The van der Waals surface area contributed by atoms with Gasteiger partial charge in [-0.2, -0.15) is 0 Å². The van der Waals surface area contributed by atoms with Gasteiger partial charge >= 0.3 is 5.97 Å². The van der Waals surface area contributed by atoms with E-state index in [1.807, 2.05) is 33.9 Å². The van der Waals surface area contributed by atoms with Gasteiger partial charge in [0.05, 0.1) is 12.0 Å². The molecule has 0 radical (unpaired) electrons. The molecule has 1 N–H and O–H groups in total. The van der Waals surface area contributed by atoms with E-state index >= 15 is 0 Å². The van der Waals surface area contributed by atoms with Crippen LogP contribution in [0.25, 0.3) is 0 Å². The van der Waals surface area contributed by atoms with E-state index in [1.54, 1.807) is 5.01 Å². The van der Waals surface area contributed by atoms with Crippen LogP contribution in [0.2, 0.25) is 0 Å². The SMILES string of the molecule is C=CCOC(=O)C(Cl)N1C(=O)[C@H](C(C)C)[C@H]1CC(=O)C1C=C(C)N(C)N1.